The Bertz CT molecular complexity index is 433. The van der Waals surface area contributed by atoms with Gasteiger partial charge in [-0.05, 0) is 46.8 Å². The normalized spacial score (nSPS) is 11.4. The van der Waals surface area contributed by atoms with Crippen LogP contribution in [0, 0.1) is 0 Å². The van der Waals surface area contributed by atoms with Crippen LogP contribution in [0.15, 0.2) is 18.2 Å². The van der Waals surface area contributed by atoms with Gasteiger partial charge in [-0.25, -0.2) is 4.79 Å². The van der Waals surface area contributed by atoms with Crippen molar-refractivity contribution in [2.75, 3.05) is 5.73 Å². The van der Waals surface area contributed by atoms with Gasteiger partial charge in [0.25, 0.3) is 0 Å². The lowest BCUT2D eigenvalue weighted by Crippen LogP contribution is -2.24. The molecular weight excluding hydrogens is 230 g/mol. The third-order valence-electron chi connectivity index (χ3n) is 1.99. The van der Waals surface area contributed by atoms with E-state index in [2.05, 4.69) is 0 Å². The molecule has 0 radical (unpaired) electrons. The van der Waals surface area contributed by atoms with Crippen LogP contribution in [-0.2, 0) is 4.74 Å². The van der Waals surface area contributed by atoms with Crippen LogP contribution in [0.1, 0.15) is 45.0 Å². The minimum absolute atomic E-state index is 0.0343. The van der Waals surface area contributed by atoms with E-state index in [9.17, 15) is 4.79 Å². The van der Waals surface area contributed by atoms with E-state index in [-0.39, 0.29) is 6.10 Å². The molecule has 0 atom stereocenters. The fourth-order valence-corrected chi connectivity index (χ4v) is 1.39. The van der Waals surface area contributed by atoms with Gasteiger partial charge >= 0.3 is 5.97 Å². The predicted octanol–water partition coefficient (Wildman–Crippen LogP) is 3.01. The van der Waals surface area contributed by atoms with E-state index in [0.717, 1.165) is 0 Å². The summed E-state index contributed by atoms with van der Waals surface area (Å²) in [5.74, 6) is 0.0531. The van der Waals surface area contributed by atoms with Gasteiger partial charge in [0, 0.05) is 11.8 Å². The molecule has 0 bridgehead atoms. The summed E-state index contributed by atoms with van der Waals surface area (Å²) >= 11 is 0. The Balaban J connectivity index is 3.03. The number of hydrogen-bond donors (Lipinski definition) is 1. The highest BCUT2D eigenvalue weighted by molar-refractivity contribution is 5.93. The van der Waals surface area contributed by atoms with Gasteiger partial charge in [-0.1, -0.05) is 0 Å². The summed E-state index contributed by atoms with van der Waals surface area (Å²) in [5.41, 5.74) is 6.11. The lowest BCUT2D eigenvalue weighted by Gasteiger charge is -2.21. The van der Waals surface area contributed by atoms with Crippen LogP contribution < -0.4 is 10.5 Å². The van der Waals surface area contributed by atoms with Gasteiger partial charge < -0.3 is 15.2 Å². The summed E-state index contributed by atoms with van der Waals surface area (Å²) in [7, 11) is 0. The highest BCUT2D eigenvalue weighted by Crippen LogP contribution is 2.25. The van der Waals surface area contributed by atoms with Crippen LogP contribution >= 0.6 is 0 Å². The third kappa shape index (κ3) is 4.28. The molecule has 0 spiro atoms. The first kappa shape index (κ1) is 14.4. The number of esters is 1. The van der Waals surface area contributed by atoms with Gasteiger partial charge in [-0.2, -0.15) is 0 Å². The molecule has 0 unspecified atom stereocenters. The first-order valence-corrected chi connectivity index (χ1v) is 5.98. The average Bonchev–Trinajstić information content (AvgIpc) is 2.13. The molecule has 1 aromatic carbocycles. The maximum absolute atomic E-state index is 12.0. The second-order valence-corrected chi connectivity index (χ2v) is 5.42. The number of carbonyl (C=O) groups is 1. The monoisotopic (exact) mass is 251 g/mol. The van der Waals surface area contributed by atoms with E-state index in [1.807, 2.05) is 34.6 Å². The Morgan fingerprint density at radius 1 is 1.28 bits per heavy atom. The molecule has 4 heteroatoms. The number of rotatable bonds is 3. The lowest BCUT2D eigenvalue weighted by molar-refractivity contribution is 0.00649. The average molecular weight is 251 g/mol. The maximum Gasteiger partial charge on any atom is 0.342 e. The van der Waals surface area contributed by atoms with Crippen molar-refractivity contribution in [2.24, 2.45) is 0 Å². The Labute approximate surface area is 108 Å². The zero-order chi connectivity index (χ0) is 13.9. The molecule has 18 heavy (non-hydrogen) atoms. The van der Waals surface area contributed by atoms with Gasteiger partial charge in [-0.15, -0.1) is 0 Å². The topological polar surface area (TPSA) is 61.5 Å². The Hall–Kier alpha value is -1.71. The molecule has 0 heterocycles. The zero-order valence-corrected chi connectivity index (χ0v) is 11.6. The first-order chi connectivity index (χ1) is 8.19. The summed E-state index contributed by atoms with van der Waals surface area (Å²) < 4.78 is 10.9. The third-order valence-corrected chi connectivity index (χ3v) is 1.99. The largest absolute Gasteiger partial charge is 0.490 e. The van der Waals surface area contributed by atoms with Crippen molar-refractivity contribution in [1.29, 1.82) is 0 Å². The van der Waals surface area contributed by atoms with Crippen LogP contribution in [0.5, 0.6) is 5.75 Å². The molecule has 100 valence electrons. The van der Waals surface area contributed by atoms with E-state index >= 15 is 0 Å². The highest BCUT2D eigenvalue weighted by atomic mass is 16.6. The van der Waals surface area contributed by atoms with Crippen molar-refractivity contribution >= 4 is 11.7 Å². The molecule has 0 aliphatic heterocycles. The Kier molecular flexibility index (Phi) is 4.22. The second-order valence-electron chi connectivity index (χ2n) is 5.42. The predicted molar refractivity (Wildman–Crippen MR) is 71.8 cm³/mol. The number of hydrogen-bond acceptors (Lipinski definition) is 4. The van der Waals surface area contributed by atoms with Crippen molar-refractivity contribution in [2.45, 2.75) is 46.3 Å². The van der Waals surface area contributed by atoms with Crippen molar-refractivity contribution < 1.29 is 14.3 Å². The minimum atomic E-state index is -0.534. The van der Waals surface area contributed by atoms with E-state index in [1.165, 1.54) is 0 Å². The summed E-state index contributed by atoms with van der Waals surface area (Å²) in [6, 6.07) is 4.92. The van der Waals surface area contributed by atoms with E-state index < -0.39 is 11.6 Å². The van der Waals surface area contributed by atoms with Crippen molar-refractivity contribution in [1.82, 2.24) is 0 Å². The minimum Gasteiger partial charge on any atom is -0.490 e. The van der Waals surface area contributed by atoms with Gasteiger partial charge in [-0.3, -0.25) is 0 Å². The molecule has 0 aliphatic carbocycles. The van der Waals surface area contributed by atoms with Crippen LogP contribution in [0.25, 0.3) is 0 Å². The van der Waals surface area contributed by atoms with Gasteiger partial charge in [0.15, 0.2) is 0 Å². The summed E-state index contributed by atoms with van der Waals surface area (Å²) in [6.45, 7) is 9.26. The summed E-state index contributed by atoms with van der Waals surface area (Å²) in [6.07, 6.45) is -0.0343. The SMILES string of the molecule is CC(C)Oc1cc(N)ccc1C(=O)OC(C)(C)C. The molecule has 0 saturated carbocycles. The van der Waals surface area contributed by atoms with Crippen molar-refractivity contribution in [3.8, 4) is 5.75 Å². The fraction of sp³-hybridized carbons (Fsp3) is 0.500. The number of benzene rings is 1. The van der Waals surface area contributed by atoms with Crippen LogP contribution in [0.3, 0.4) is 0 Å². The number of carbonyl (C=O) groups excluding carboxylic acids is 1. The second kappa shape index (κ2) is 5.29. The number of ether oxygens (including phenoxy) is 2. The van der Waals surface area contributed by atoms with Crippen LogP contribution in [-0.4, -0.2) is 17.7 Å². The lowest BCUT2D eigenvalue weighted by atomic mass is 10.1. The van der Waals surface area contributed by atoms with E-state index in [0.29, 0.717) is 17.0 Å². The standard InChI is InChI=1S/C14H21NO3/c1-9(2)17-12-8-10(15)6-7-11(12)13(16)18-14(3,4)5/h6-9H,15H2,1-5H3. The summed E-state index contributed by atoms with van der Waals surface area (Å²) in [4.78, 5) is 12.0. The molecule has 0 amide bonds. The number of anilines is 1. The molecule has 1 aromatic rings. The quantitative estimate of drug-likeness (QED) is 0.662. The summed E-state index contributed by atoms with van der Waals surface area (Å²) in [5, 5.41) is 0. The molecule has 0 aromatic heterocycles. The van der Waals surface area contributed by atoms with Crippen LogP contribution in [0.4, 0.5) is 5.69 Å². The van der Waals surface area contributed by atoms with E-state index in [4.69, 9.17) is 15.2 Å². The fourth-order valence-electron chi connectivity index (χ4n) is 1.39. The zero-order valence-electron chi connectivity index (χ0n) is 11.6. The maximum atomic E-state index is 12.0. The first-order valence-electron chi connectivity index (χ1n) is 5.98. The molecule has 0 saturated heterocycles. The molecule has 0 aliphatic rings. The Morgan fingerprint density at radius 2 is 1.89 bits per heavy atom. The molecular formula is C14H21NO3. The van der Waals surface area contributed by atoms with Gasteiger partial charge in [0.05, 0.1) is 6.10 Å². The van der Waals surface area contributed by atoms with E-state index in [1.54, 1.807) is 18.2 Å². The smallest absolute Gasteiger partial charge is 0.342 e. The number of nitrogen functional groups attached to an aromatic ring is 1. The van der Waals surface area contributed by atoms with Crippen molar-refractivity contribution in [3.63, 3.8) is 0 Å². The molecule has 2 N–H and O–H groups in total. The molecule has 4 nitrogen and oxygen atoms in total. The van der Waals surface area contributed by atoms with Gasteiger partial charge in [0.2, 0.25) is 0 Å². The van der Waals surface area contributed by atoms with Crippen molar-refractivity contribution in [3.05, 3.63) is 23.8 Å². The van der Waals surface area contributed by atoms with Gasteiger partial charge in [0.1, 0.15) is 16.9 Å². The highest BCUT2D eigenvalue weighted by Gasteiger charge is 2.21. The molecule has 0 fully saturated rings. The Morgan fingerprint density at radius 3 is 2.39 bits per heavy atom. The number of nitrogens with two attached hydrogens (primary N) is 1. The van der Waals surface area contributed by atoms with Crippen LogP contribution in [0.2, 0.25) is 0 Å². The molecule has 1 rings (SSSR count).